The largest absolute Gasteiger partial charge is 0.497 e. The Morgan fingerprint density at radius 1 is 1.11 bits per heavy atom. The molecule has 2 atom stereocenters. The van der Waals surface area contributed by atoms with Crippen LogP contribution in [-0.2, 0) is 19.9 Å². The number of methoxy groups -OCH3 is 1. The highest BCUT2D eigenvalue weighted by molar-refractivity contribution is 6.09. The molecule has 4 rings (SSSR count). The van der Waals surface area contributed by atoms with Crippen molar-refractivity contribution in [3.63, 3.8) is 0 Å². The van der Waals surface area contributed by atoms with Gasteiger partial charge in [0, 0.05) is 19.6 Å². The lowest BCUT2D eigenvalue weighted by molar-refractivity contribution is -0.134. The van der Waals surface area contributed by atoms with Crippen LogP contribution in [-0.4, -0.2) is 74.1 Å². The number of nitrogens with one attached hydrogen (secondary N) is 2. The number of imide groups is 1. The summed E-state index contributed by atoms with van der Waals surface area (Å²) in [6, 6.07) is 14.5. The molecule has 2 aliphatic heterocycles. The van der Waals surface area contributed by atoms with Crippen LogP contribution in [0, 0.1) is 6.92 Å². The number of urea groups is 1. The van der Waals surface area contributed by atoms with Gasteiger partial charge >= 0.3 is 6.03 Å². The lowest BCUT2D eigenvalue weighted by Crippen LogP contribution is -2.46. The van der Waals surface area contributed by atoms with Crippen molar-refractivity contribution in [1.29, 1.82) is 0 Å². The first kappa shape index (κ1) is 24.7. The number of ether oxygens (including phenoxy) is 2. The minimum absolute atomic E-state index is 0.0314. The molecule has 2 saturated heterocycles. The predicted octanol–water partition coefficient (Wildman–Crippen LogP) is 1.96. The first-order chi connectivity index (χ1) is 16.8. The molecule has 0 aliphatic carbocycles. The lowest BCUT2D eigenvalue weighted by Gasteiger charge is -2.35. The molecule has 4 amide bonds. The quantitative estimate of drug-likeness (QED) is 0.561. The highest BCUT2D eigenvalue weighted by Gasteiger charge is 2.49. The zero-order valence-corrected chi connectivity index (χ0v) is 20.4. The maximum absolute atomic E-state index is 13.2. The van der Waals surface area contributed by atoms with Gasteiger partial charge in [0.25, 0.3) is 5.91 Å². The topological polar surface area (TPSA) is 100 Å². The molecule has 0 saturated carbocycles. The van der Waals surface area contributed by atoms with Crippen molar-refractivity contribution >= 4 is 17.8 Å². The van der Waals surface area contributed by atoms with Crippen molar-refractivity contribution in [2.45, 2.75) is 25.4 Å². The molecule has 0 bridgehead atoms. The van der Waals surface area contributed by atoms with Crippen LogP contribution in [0.5, 0.6) is 5.75 Å². The van der Waals surface area contributed by atoms with Gasteiger partial charge in [-0.2, -0.15) is 0 Å². The van der Waals surface area contributed by atoms with Gasteiger partial charge in [0.2, 0.25) is 5.91 Å². The molecular formula is C26H32N4O5. The maximum Gasteiger partial charge on any atom is 0.325 e. The van der Waals surface area contributed by atoms with Gasteiger partial charge in [0.05, 0.1) is 26.4 Å². The first-order valence-corrected chi connectivity index (χ1v) is 11.8. The second kappa shape index (κ2) is 10.5. The highest BCUT2D eigenvalue weighted by Crippen LogP contribution is 2.30. The third-order valence-electron chi connectivity index (χ3n) is 6.69. The van der Waals surface area contributed by atoms with E-state index in [1.165, 1.54) is 0 Å². The van der Waals surface area contributed by atoms with Crippen molar-refractivity contribution in [1.82, 2.24) is 20.4 Å². The number of benzene rings is 2. The molecule has 9 heteroatoms. The lowest BCUT2D eigenvalue weighted by atomic mass is 9.92. The van der Waals surface area contributed by atoms with Crippen LogP contribution in [0.4, 0.5) is 4.79 Å². The minimum Gasteiger partial charge on any atom is -0.497 e. The number of nitrogens with zero attached hydrogens (tertiary/aromatic N) is 2. The molecule has 2 fully saturated rings. The van der Waals surface area contributed by atoms with Gasteiger partial charge in [0.1, 0.15) is 17.8 Å². The summed E-state index contributed by atoms with van der Waals surface area (Å²) in [6.45, 7) is 6.50. The van der Waals surface area contributed by atoms with E-state index >= 15 is 0 Å². The van der Waals surface area contributed by atoms with Crippen molar-refractivity contribution in [3.8, 4) is 5.75 Å². The molecule has 0 spiro atoms. The molecule has 35 heavy (non-hydrogen) atoms. The number of hydrogen-bond donors (Lipinski definition) is 2. The van der Waals surface area contributed by atoms with E-state index < -0.39 is 23.4 Å². The third kappa shape index (κ3) is 5.31. The Labute approximate surface area is 205 Å². The number of rotatable bonds is 8. The molecule has 2 unspecified atom stereocenters. The molecule has 186 valence electrons. The van der Waals surface area contributed by atoms with E-state index in [2.05, 4.69) is 39.8 Å². The summed E-state index contributed by atoms with van der Waals surface area (Å²) < 4.78 is 10.7. The smallest absolute Gasteiger partial charge is 0.325 e. The van der Waals surface area contributed by atoms with Crippen molar-refractivity contribution < 1.29 is 23.9 Å². The second-order valence-electron chi connectivity index (χ2n) is 9.05. The molecule has 2 N–H and O–H groups in total. The second-order valence-corrected chi connectivity index (χ2v) is 9.05. The molecule has 2 heterocycles. The molecule has 2 aliphatic rings. The fourth-order valence-corrected chi connectivity index (χ4v) is 4.51. The van der Waals surface area contributed by atoms with Gasteiger partial charge in [-0.3, -0.25) is 19.4 Å². The van der Waals surface area contributed by atoms with E-state index in [0.29, 0.717) is 31.1 Å². The van der Waals surface area contributed by atoms with Crippen LogP contribution >= 0.6 is 0 Å². The normalized spacial score (nSPS) is 21.5. The summed E-state index contributed by atoms with van der Waals surface area (Å²) in [6.07, 6.45) is 0. The summed E-state index contributed by atoms with van der Waals surface area (Å²) in [5, 5.41) is 5.66. The van der Waals surface area contributed by atoms with Crippen molar-refractivity contribution in [3.05, 3.63) is 65.2 Å². The predicted molar refractivity (Wildman–Crippen MR) is 130 cm³/mol. The van der Waals surface area contributed by atoms with Crippen molar-refractivity contribution in [2.24, 2.45) is 0 Å². The number of aryl methyl sites for hydroxylation is 1. The maximum atomic E-state index is 13.2. The Balaban J connectivity index is 1.42. The molecule has 9 nitrogen and oxygen atoms in total. The SMILES string of the molecule is COc1ccc(C2(C)NC(=O)N(CC(=O)NCC(c3ccc(C)cc3)N3CCOCC3)C2=O)cc1. The van der Waals surface area contributed by atoms with Gasteiger partial charge < -0.3 is 20.1 Å². The van der Waals surface area contributed by atoms with E-state index in [0.717, 1.165) is 29.1 Å². The van der Waals surface area contributed by atoms with Crippen LogP contribution in [0.15, 0.2) is 48.5 Å². The Morgan fingerprint density at radius 2 is 1.77 bits per heavy atom. The molecular weight excluding hydrogens is 448 g/mol. The summed E-state index contributed by atoms with van der Waals surface area (Å²) in [5.41, 5.74) is 1.63. The van der Waals surface area contributed by atoms with Gasteiger partial charge in [-0.25, -0.2) is 4.79 Å². The van der Waals surface area contributed by atoms with Crippen LogP contribution in [0.2, 0.25) is 0 Å². The van der Waals surface area contributed by atoms with Gasteiger partial charge in [-0.05, 0) is 37.1 Å². The highest BCUT2D eigenvalue weighted by atomic mass is 16.5. The molecule has 2 aromatic carbocycles. The summed E-state index contributed by atoms with van der Waals surface area (Å²) >= 11 is 0. The summed E-state index contributed by atoms with van der Waals surface area (Å²) in [5.74, 6) is -0.210. The van der Waals surface area contributed by atoms with E-state index in [9.17, 15) is 14.4 Å². The van der Waals surface area contributed by atoms with Crippen molar-refractivity contribution in [2.75, 3.05) is 46.5 Å². The molecule has 0 aromatic heterocycles. The standard InChI is InChI=1S/C26H32N4O5/c1-18-4-6-19(7-5-18)22(29-12-14-35-15-13-29)16-27-23(31)17-30-24(32)26(2,28-25(30)33)20-8-10-21(34-3)11-9-20/h4-11,22H,12-17H2,1-3H3,(H,27,31)(H,28,33). The molecule has 0 radical (unpaired) electrons. The fourth-order valence-electron chi connectivity index (χ4n) is 4.51. The number of hydrogen-bond acceptors (Lipinski definition) is 6. The molecule has 2 aromatic rings. The van der Waals surface area contributed by atoms with Gasteiger partial charge in [-0.15, -0.1) is 0 Å². The first-order valence-electron chi connectivity index (χ1n) is 11.8. The summed E-state index contributed by atoms with van der Waals surface area (Å²) in [4.78, 5) is 41.9. The Morgan fingerprint density at radius 3 is 2.40 bits per heavy atom. The van der Waals surface area contributed by atoms with Crippen LogP contribution in [0.1, 0.15) is 29.7 Å². The van der Waals surface area contributed by atoms with Crippen LogP contribution in [0.3, 0.4) is 0 Å². The monoisotopic (exact) mass is 480 g/mol. The van der Waals surface area contributed by atoms with E-state index in [-0.39, 0.29) is 12.6 Å². The Hall–Kier alpha value is -3.43. The zero-order valence-electron chi connectivity index (χ0n) is 20.4. The Kier molecular flexibility index (Phi) is 7.37. The minimum atomic E-state index is -1.25. The Bertz CT molecular complexity index is 1070. The number of carbonyl (C=O) groups excluding carboxylic acids is 3. The van der Waals surface area contributed by atoms with E-state index in [1.54, 1.807) is 38.3 Å². The zero-order chi connectivity index (χ0) is 25.0. The van der Waals surface area contributed by atoms with Gasteiger partial charge in [0.15, 0.2) is 0 Å². The summed E-state index contributed by atoms with van der Waals surface area (Å²) in [7, 11) is 1.56. The fraction of sp³-hybridized carbons (Fsp3) is 0.423. The average molecular weight is 481 g/mol. The van der Waals surface area contributed by atoms with E-state index in [1.807, 2.05) is 6.92 Å². The third-order valence-corrected chi connectivity index (χ3v) is 6.69. The number of amides is 4. The van der Waals surface area contributed by atoms with Crippen LogP contribution < -0.4 is 15.4 Å². The average Bonchev–Trinajstić information content (AvgIpc) is 3.09. The van der Waals surface area contributed by atoms with E-state index in [4.69, 9.17) is 9.47 Å². The number of carbonyl (C=O) groups is 3. The van der Waals surface area contributed by atoms with Gasteiger partial charge in [-0.1, -0.05) is 42.0 Å². The number of morpholine rings is 1. The van der Waals surface area contributed by atoms with Crippen LogP contribution in [0.25, 0.3) is 0 Å².